The van der Waals surface area contributed by atoms with Gasteiger partial charge in [-0.15, -0.1) is 0 Å². The largest absolute Gasteiger partial charge is 0.466 e. The van der Waals surface area contributed by atoms with Crippen LogP contribution in [-0.4, -0.2) is 47.4 Å². The Hall–Kier alpha value is -1.66. The minimum absolute atomic E-state index is 0.0143. The van der Waals surface area contributed by atoms with Crippen LogP contribution in [0.5, 0.6) is 0 Å². The number of nitrogens with one attached hydrogen (secondary N) is 1. The summed E-state index contributed by atoms with van der Waals surface area (Å²) in [6.45, 7) is 4.98. The average Bonchev–Trinajstić information content (AvgIpc) is 3.51. The van der Waals surface area contributed by atoms with E-state index >= 15 is 0 Å². The molecule has 0 aliphatic rings. The molecule has 3 N–H and O–H groups in total. The number of esters is 1. The van der Waals surface area contributed by atoms with Crippen LogP contribution >= 0.6 is 0 Å². The Morgan fingerprint density at radius 3 is 0.906 bits per heavy atom. The zero-order valence-corrected chi connectivity index (χ0v) is 57.9. The summed E-state index contributed by atoms with van der Waals surface area (Å²) in [5.41, 5.74) is 0. The van der Waals surface area contributed by atoms with Crippen molar-refractivity contribution in [2.24, 2.45) is 0 Å². The van der Waals surface area contributed by atoms with Crippen LogP contribution in [0.1, 0.15) is 444 Å². The predicted octanol–water partition coefficient (Wildman–Crippen LogP) is 25.7. The van der Waals surface area contributed by atoms with Crippen LogP contribution in [0.4, 0.5) is 0 Å². The van der Waals surface area contributed by atoms with Gasteiger partial charge in [-0.05, 0) is 57.8 Å². The molecule has 85 heavy (non-hydrogen) atoms. The van der Waals surface area contributed by atoms with E-state index in [1.54, 1.807) is 0 Å². The molecule has 1 amide bonds. The van der Waals surface area contributed by atoms with E-state index in [4.69, 9.17) is 4.74 Å². The fraction of sp³-hybridized carbons (Fsp3) is 0.924. The monoisotopic (exact) mass is 1200 g/mol. The van der Waals surface area contributed by atoms with Crippen LogP contribution < -0.4 is 5.32 Å². The average molecular weight is 1200 g/mol. The molecule has 0 fully saturated rings. The SMILES string of the molecule is CCCCCC/C=C\C/C=C\CCCCCCCCCC(=O)OCCCCCCCCCCCCCCCCCCCCCCCCCCCCCCCCCC(=O)NC(CO)C(O)CCCCCCCCCCCCCCCCCCCCC. The van der Waals surface area contributed by atoms with E-state index in [-0.39, 0.29) is 18.5 Å². The van der Waals surface area contributed by atoms with Gasteiger partial charge in [-0.1, -0.05) is 398 Å². The fourth-order valence-corrected chi connectivity index (χ4v) is 12.6. The molecule has 0 heterocycles. The van der Waals surface area contributed by atoms with Crippen molar-refractivity contribution in [3.05, 3.63) is 24.3 Å². The van der Waals surface area contributed by atoms with E-state index in [0.29, 0.717) is 25.9 Å². The molecule has 0 bridgehead atoms. The van der Waals surface area contributed by atoms with Crippen LogP contribution in [0.25, 0.3) is 0 Å². The molecular formula is C79H153NO5. The van der Waals surface area contributed by atoms with Gasteiger partial charge in [0.2, 0.25) is 5.91 Å². The lowest BCUT2D eigenvalue weighted by molar-refractivity contribution is -0.143. The minimum atomic E-state index is -0.662. The first-order valence-corrected chi connectivity index (χ1v) is 39.1. The highest BCUT2D eigenvalue weighted by Gasteiger charge is 2.20. The van der Waals surface area contributed by atoms with Gasteiger partial charge in [0, 0.05) is 12.8 Å². The van der Waals surface area contributed by atoms with Crippen molar-refractivity contribution in [3.63, 3.8) is 0 Å². The lowest BCUT2D eigenvalue weighted by Gasteiger charge is -2.22. The summed E-state index contributed by atoms with van der Waals surface area (Å²) in [5, 5.41) is 23.4. The number of ether oxygens (including phenoxy) is 1. The standard InChI is InChI=1S/C79H153NO5/c1-3-5-7-9-11-13-15-17-19-21-36-39-43-47-51-55-59-63-67-71-77(82)76(75-81)80-78(83)72-68-64-60-56-52-48-44-40-37-34-32-30-28-26-24-23-25-27-29-31-33-35-38-42-46-50-54-58-62-66-70-74-85-79(84)73-69-65-61-57-53-49-45-41-22-20-18-16-14-12-10-8-6-4-2/h14,16,20,22,76-77,81-82H,3-13,15,17-19,21,23-75H2,1-2H3,(H,80,83)/b16-14-,22-20-. The molecule has 0 aliphatic carbocycles. The Morgan fingerprint density at radius 2 is 0.588 bits per heavy atom. The summed E-state index contributed by atoms with van der Waals surface area (Å²) in [6.07, 6.45) is 95.5. The Labute approximate surface area is 532 Å². The molecular weight excluding hydrogens is 1040 g/mol. The van der Waals surface area contributed by atoms with E-state index in [0.717, 1.165) is 51.4 Å². The van der Waals surface area contributed by atoms with Gasteiger partial charge in [0.15, 0.2) is 0 Å². The van der Waals surface area contributed by atoms with Gasteiger partial charge in [0.1, 0.15) is 0 Å². The van der Waals surface area contributed by atoms with Crippen molar-refractivity contribution < 1.29 is 24.5 Å². The van der Waals surface area contributed by atoms with Gasteiger partial charge in [-0.2, -0.15) is 0 Å². The molecule has 0 aliphatic heterocycles. The maximum absolute atomic E-state index is 12.6. The number of unbranched alkanes of at least 4 members (excludes halogenated alkanes) is 59. The molecule has 6 nitrogen and oxygen atoms in total. The van der Waals surface area contributed by atoms with Crippen molar-refractivity contribution >= 4 is 11.9 Å². The topological polar surface area (TPSA) is 95.9 Å². The van der Waals surface area contributed by atoms with Gasteiger partial charge in [0.05, 0.1) is 25.4 Å². The van der Waals surface area contributed by atoms with Crippen molar-refractivity contribution in [2.45, 2.75) is 456 Å². The first-order chi connectivity index (χ1) is 42.0. The smallest absolute Gasteiger partial charge is 0.305 e. The van der Waals surface area contributed by atoms with Crippen LogP contribution in [0.3, 0.4) is 0 Å². The highest BCUT2D eigenvalue weighted by atomic mass is 16.5. The first kappa shape index (κ1) is 83.3. The number of hydrogen-bond acceptors (Lipinski definition) is 5. The summed E-state index contributed by atoms with van der Waals surface area (Å²) in [7, 11) is 0. The molecule has 0 saturated carbocycles. The maximum Gasteiger partial charge on any atom is 0.305 e. The van der Waals surface area contributed by atoms with Crippen LogP contribution in [0.15, 0.2) is 24.3 Å². The van der Waals surface area contributed by atoms with Gasteiger partial charge >= 0.3 is 5.97 Å². The van der Waals surface area contributed by atoms with Gasteiger partial charge in [-0.3, -0.25) is 9.59 Å². The first-order valence-electron chi connectivity index (χ1n) is 39.1. The highest BCUT2D eigenvalue weighted by molar-refractivity contribution is 5.76. The van der Waals surface area contributed by atoms with Gasteiger partial charge < -0.3 is 20.3 Å². The molecule has 0 aromatic heterocycles. The molecule has 2 atom stereocenters. The molecule has 0 rings (SSSR count). The fourth-order valence-electron chi connectivity index (χ4n) is 12.6. The molecule has 504 valence electrons. The Morgan fingerprint density at radius 1 is 0.329 bits per heavy atom. The van der Waals surface area contributed by atoms with Crippen LogP contribution in [-0.2, 0) is 14.3 Å². The van der Waals surface area contributed by atoms with E-state index < -0.39 is 12.1 Å². The second kappa shape index (κ2) is 74.8. The van der Waals surface area contributed by atoms with Crippen molar-refractivity contribution in [1.29, 1.82) is 0 Å². The molecule has 0 aromatic rings. The number of allylic oxidation sites excluding steroid dienone is 4. The van der Waals surface area contributed by atoms with Crippen molar-refractivity contribution in [2.75, 3.05) is 13.2 Å². The number of hydrogen-bond donors (Lipinski definition) is 3. The van der Waals surface area contributed by atoms with E-state index in [1.807, 2.05) is 0 Å². The van der Waals surface area contributed by atoms with Gasteiger partial charge in [0.25, 0.3) is 0 Å². The third-order valence-electron chi connectivity index (χ3n) is 18.5. The maximum atomic E-state index is 12.6. The normalized spacial score (nSPS) is 12.6. The van der Waals surface area contributed by atoms with E-state index in [1.165, 1.54) is 360 Å². The Bertz CT molecular complexity index is 1330. The summed E-state index contributed by atoms with van der Waals surface area (Å²) in [6, 6.07) is -0.539. The van der Waals surface area contributed by atoms with E-state index in [9.17, 15) is 19.8 Å². The third-order valence-corrected chi connectivity index (χ3v) is 18.5. The van der Waals surface area contributed by atoms with Crippen LogP contribution in [0.2, 0.25) is 0 Å². The molecule has 0 saturated heterocycles. The van der Waals surface area contributed by atoms with Crippen LogP contribution in [0, 0.1) is 0 Å². The number of carbonyl (C=O) groups excluding carboxylic acids is 2. The lowest BCUT2D eigenvalue weighted by Crippen LogP contribution is -2.45. The zero-order valence-electron chi connectivity index (χ0n) is 57.9. The molecule has 2 unspecified atom stereocenters. The number of aliphatic hydroxyl groups excluding tert-OH is 2. The number of rotatable bonds is 74. The zero-order chi connectivity index (χ0) is 61.3. The predicted molar refractivity (Wildman–Crippen MR) is 375 cm³/mol. The quantitative estimate of drug-likeness (QED) is 0.0320. The van der Waals surface area contributed by atoms with E-state index in [2.05, 4.69) is 43.5 Å². The molecule has 0 spiro atoms. The number of amides is 1. The minimum Gasteiger partial charge on any atom is -0.466 e. The Balaban J connectivity index is 3.32. The molecule has 0 radical (unpaired) electrons. The summed E-state index contributed by atoms with van der Waals surface area (Å²) in [5.74, 6) is -0.0117. The molecule has 6 heteroatoms. The third kappa shape index (κ3) is 71.3. The summed E-state index contributed by atoms with van der Waals surface area (Å²) in [4.78, 5) is 24.7. The number of carbonyl (C=O) groups is 2. The summed E-state index contributed by atoms with van der Waals surface area (Å²) < 4.78 is 5.51. The lowest BCUT2D eigenvalue weighted by atomic mass is 10.0. The second-order valence-corrected chi connectivity index (χ2v) is 27.0. The summed E-state index contributed by atoms with van der Waals surface area (Å²) >= 11 is 0. The number of aliphatic hydroxyl groups is 2. The highest BCUT2D eigenvalue weighted by Crippen LogP contribution is 2.20. The Kier molecular flexibility index (Phi) is 73.3. The van der Waals surface area contributed by atoms with Gasteiger partial charge in [-0.25, -0.2) is 0 Å². The second-order valence-electron chi connectivity index (χ2n) is 27.0. The van der Waals surface area contributed by atoms with Crippen molar-refractivity contribution in [3.8, 4) is 0 Å². The van der Waals surface area contributed by atoms with Crippen molar-refractivity contribution in [1.82, 2.24) is 5.32 Å². The molecule has 0 aromatic carbocycles.